The van der Waals surface area contributed by atoms with Crippen LogP contribution in [0.4, 0.5) is 5.82 Å². The summed E-state index contributed by atoms with van der Waals surface area (Å²) in [4.78, 5) is 26.2. The number of hydrogen-bond donors (Lipinski definition) is 1. The summed E-state index contributed by atoms with van der Waals surface area (Å²) in [5.74, 6) is 0.925. The Balaban J connectivity index is 1.90. The van der Waals surface area contributed by atoms with Gasteiger partial charge in [-0.2, -0.15) is 5.10 Å². The maximum Gasteiger partial charge on any atom is 0.228 e. The van der Waals surface area contributed by atoms with Gasteiger partial charge in [0.25, 0.3) is 0 Å². The summed E-state index contributed by atoms with van der Waals surface area (Å²) in [6.45, 7) is 9.21. The van der Waals surface area contributed by atoms with Gasteiger partial charge >= 0.3 is 0 Å². The topological polar surface area (TPSA) is 67.2 Å². The molecule has 0 radical (unpaired) electrons. The van der Waals surface area contributed by atoms with Gasteiger partial charge in [-0.25, -0.2) is 4.68 Å². The molecule has 2 heterocycles. The number of carbonyl (C=O) groups excluding carboxylic acids is 2. The molecule has 122 valence electrons. The van der Waals surface area contributed by atoms with Gasteiger partial charge in [0.15, 0.2) is 0 Å². The molecule has 0 spiro atoms. The maximum absolute atomic E-state index is 12.4. The summed E-state index contributed by atoms with van der Waals surface area (Å²) < 4.78 is 1.80. The van der Waals surface area contributed by atoms with Crippen molar-refractivity contribution in [3.63, 3.8) is 0 Å². The van der Waals surface area contributed by atoms with E-state index in [1.54, 1.807) is 10.9 Å². The monoisotopic (exact) mass is 306 g/mol. The van der Waals surface area contributed by atoms with Gasteiger partial charge in [-0.05, 0) is 26.7 Å². The lowest BCUT2D eigenvalue weighted by Gasteiger charge is -2.32. The largest absolute Gasteiger partial charge is 0.342 e. The molecule has 0 bridgehead atoms. The van der Waals surface area contributed by atoms with Crippen LogP contribution in [0.25, 0.3) is 0 Å². The number of carbonyl (C=O) groups is 2. The standard InChI is InChI=1S/C16H26N4O2/c1-11(2)16(22)19-9-6-13(7-10-19)15(21)18-14-5-8-17-20(14)12(3)4/h5,8,11-13H,6-7,9-10H2,1-4H3,(H,18,21). The van der Waals surface area contributed by atoms with Gasteiger partial charge in [0.1, 0.15) is 5.82 Å². The number of likely N-dealkylation sites (tertiary alicyclic amines) is 1. The average molecular weight is 306 g/mol. The zero-order valence-electron chi connectivity index (χ0n) is 13.9. The number of anilines is 1. The fourth-order valence-corrected chi connectivity index (χ4v) is 2.78. The van der Waals surface area contributed by atoms with E-state index in [9.17, 15) is 9.59 Å². The van der Waals surface area contributed by atoms with Gasteiger partial charge < -0.3 is 10.2 Å². The van der Waals surface area contributed by atoms with Crippen molar-refractivity contribution >= 4 is 17.6 Å². The highest BCUT2D eigenvalue weighted by Crippen LogP contribution is 2.21. The van der Waals surface area contributed by atoms with Gasteiger partial charge in [-0.1, -0.05) is 13.8 Å². The van der Waals surface area contributed by atoms with Crippen molar-refractivity contribution < 1.29 is 9.59 Å². The summed E-state index contributed by atoms with van der Waals surface area (Å²) in [6.07, 6.45) is 3.14. The molecule has 0 unspecified atom stereocenters. The normalized spacial score (nSPS) is 16.4. The zero-order valence-corrected chi connectivity index (χ0v) is 13.9. The third-order valence-corrected chi connectivity index (χ3v) is 4.08. The van der Waals surface area contributed by atoms with E-state index >= 15 is 0 Å². The lowest BCUT2D eigenvalue weighted by Crippen LogP contribution is -2.43. The maximum atomic E-state index is 12.4. The Labute approximate surface area is 131 Å². The van der Waals surface area contributed by atoms with E-state index in [1.165, 1.54) is 0 Å². The van der Waals surface area contributed by atoms with Crippen LogP contribution in [-0.2, 0) is 9.59 Å². The summed E-state index contributed by atoms with van der Waals surface area (Å²) in [5.41, 5.74) is 0. The molecular formula is C16H26N4O2. The Hall–Kier alpha value is -1.85. The molecule has 1 fully saturated rings. The van der Waals surface area contributed by atoms with E-state index in [2.05, 4.69) is 10.4 Å². The van der Waals surface area contributed by atoms with Crippen molar-refractivity contribution in [1.82, 2.24) is 14.7 Å². The van der Waals surface area contributed by atoms with Crippen LogP contribution in [0, 0.1) is 11.8 Å². The molecule has 0 saturated carbocycles. The van der Waals surface area contributed by atoms with Crippen LogP contribution in [0.2, 0.25) is 0 Å². The second kappa shape index (κ2) is 6.94. The minimum atomic E-state index is -0.0354. The van der Waals surface area contributed by atoms with E-state index in [1.807, 2.05) is 38.7 Å². The third kappa shape index (κ3) is 3.67. The van der Waals surface area contributed by atoms with Crippen LogP contribution in [0.1, 0.15) is 46.6 Å². The minimum absolute atomic E-state index is 0.0192. The summed E-state index contributed by atoms with van der Waals surface area (Å²) in [6, 6.07) is 2.02. The van der Waals surface area contributed by atoms with Gasteiger partial charge in [-0.3, -0.25) is 9.59 Å². The second-order valence-corrected chi connectivity index (χ2v) is 6.50. The molecule has 1 aliphatic heterocycles. The number of aromatic nitrogens is 2. The molecule has 1 aliphatic rings. The molecule has 1 N–H and O–H groups in total. The number of amides is 2. The van der Waals surface area contributed by atoms with E-state index in [-0.39, 0.29) is 29.7 Å². The van der Waals surface area contributed by atoms with Crippen molar-refractivity contribution in [2.45, 2.75) is 46.6 Å². The first-order valence-corrected chi connectivity index (χ1v) is 8.03. The molecular weight excluding hydrogens is 280 g/mol. The van der Waals surface area contributed by atoms with Crippen molar-refractivity contribution in [3.05, 3.63) is 12.3 Å². The van der Waals surface area contributed by atoms with Crippen molar-refractivity contribution in [2.75, 3.05) is 18.4 Å². The molecule has 2 rings (SSSR count). The molecule has 2 amide bonds. The van der Waals surface area contributed by atoms with E-state index < -0.39 is 0 Å². The predicted octanol–water partition coefficient (Wildman–Crippen LogP) is 2.30. The lowest BCUT2D eigenvalue weighted by molar-refractivity contribution is -0.137. The van der Waals surface area contributed by atoms with Crippen molar-refractivity contribution in [2.24, 2.45) is 11.8 Å². The van der Waals surface area contributed by atoms with Crippen LogP contribution in [0.5, 0.6) is 0 Å². The first kappa shape index (κ1) is 16.5. The Kier molecular flexibility index (Phi) is 5.21. The summed E-state index contributed by atoms with van der Waals surface area (Å²) in [7, 11) is 0. The average Bonchev–Trinajstić information content (AvgIpc) is 2.94. The molecule has 6 heteroatoms. The highest BCUT2D eigenvalue weighted by atomic mass is 16.2. The molecule has 1 saturated heterocycles. The molecule has 22 heavy (non-hydrogen) atoms. The molecule has 6 nitrogen and oxygen atoms in total. The SMILES string of the molecule is CC(C)C(=O)N1CCC(C(=O)Nc2ccnn2C(C)C)CC1. The fraction of sp³-hybridized carbons (Fsp3) is 0.688. The Bertz CT molecular complexity index is 528. The number of rotatable bonds is 4. The highest BCUT2D eigenvalue weighted by Gasteiger charge is 2.28. The van der Waals surface area contributed by atoms with Crippen molar-refractivity contribution in [3.8, 4) is 0 Å². The lowest BCUT2D eigenvalue weighted by atomic mass is 9.95. The number of hydrogen-bond acceptors (Lipinski definition) is 3. The second-order valence-electron chi connectivity index (χ2n) is 6.50. The van der Waals surface area contributed by atoms with E-state index in [0.717, 1.165) is 18.7 Å². The summed E-state index contributed by atoms with van der Waals surface area (Å²) >= 11 is 0. The highest BCUT2D eigenvalue weighted by molar-refractivity contribution is 5.92. The van der Waals surface area contributed by atoms with Crippen LogP contribution in [0.15, 0.2) is 12.3 Å². The Morgan fingerprint density at radius 3 is 2.41 bits per heavy atom. The molecule has 1 aromatic heterocycles. The van der Waals surface area contributed by atoms with E-state index in [4.69, 9.17) is 0 Å². The quantitative estimate of drug-likeness (QED) is 0.928. The molecule has 0 atom stereocenters. The van der Waals surface area contributed by atoms with Crippen molar-refractivity contribution in [1.29, 1.82) is 0 Å². The first-order chi connectivity index (χ1) is 10.4. The molecule has 1 aromatic rings. The number of nitrogens with one attached hydrogen (secondary N) is 1. The predicted molar refractivity (Wildman–Crippen MR) is 85.4 cm³/mol. The fourth-order valence-electron chi connectivity index (χ4n) is 2.78. The van der Waals surface area contributed by atoms with E-state index in [0.29, 0.717) is 13.1 Å². The van der Waals surface area contributed by atoms with Crippen LogP contribution >= 0.6 is 0 Å². The van der Waals surface area contributed by atoms with Gasteiger partial charge in [0.05, 0.1) is 6.20 Å². The number of piperidine rings is 1. The molecule has 0 aromatic carbocycles. The smallest absolute Gasteiger partial charge is 0.228 e. The van der Waals surface area contributed by atoms with Crippen LogP contribution in [0.3, 0.4) is 0 Å². The number of nitrogens with zero attached hydrogens (tertiary/aromatic N) is 3. The van der Waals surface area contributed by atoms with Crippen LogP contribution < -0.4 is 5.32 Å². The molecule has 0 aliphatic carbocycles. The van der Waals surface area contributed by atoms with Crippen LogP contribution in [-0.4, -0.2) is 39.6 Å². The zero-order chi connectivity index (χ0) is 16.3. The first-order valence-electron chi connectivity index (χ1n) is 8.03. The Morgan fingerprint density at radius 2 is 1.86 bits per heavy atom. The van der Waals surface area contributed by atoms with Gasteiger partial charge in [0, 0.05) is 37.0 Å². The van der Waals surface area contributed by atoms with Gasteiger partial charge in [0.2, 0.25) is 11.8 Å². The van der Waals surface area contributed by atoms with Gasteiger partial charge in [-0.15, -0.1) is 0 Å². The third-order valence-electron chi connectivity index (χ3n) is 4.08. The summed E-state index contributed by atoms with van der Waals surface area (Å²) in [5, 5.41) is 7.18. The Morgan fingerprint density at radius 1 is 1.23 bits per heavy atom. The minimum Gasteiger partial charge on any atom is -0.342 e.